The summed E-state index contributed by atoms with van der Waals surface area (Å²) in [4.78, 5) is 0. The molecule has 0 heterocycles. The zero-order valence-corrected chi connectivity index (χ0v) is 9.92. The molecule has 2 aliphatic rings. The smallest absolute Gasteiger partial charge is 0.0151 e. The molecule has 1 nitrogen and oxygen atoms in total. The van der Waals surface area contributed by atoms with Crippen molar-refractivity contribution in [2.45, 2.75) is 58.4 Å². The van der Waals surface area contributed by atoms with E-state index in [-0.39, 0.29) is 5.54 Å². The van der Waals surface area contributed by atoms with Crippen LogP contribution in [-0.2, 0) is 0 Å². The summed E-state index contributed by atoms with van der Waals surface area (Å²) >= 11 is 0. The van der Waals surface area contributed by atoms with E-state index >= 15 is 0 Å². The first-order valence-electron chi connectivity index (χ1n) is 6.28. The second kappa shape index (κ2) is 3.52. The lowest BCUT2D eigenvalue weighted by Gasteiger charge is -2.35. The number of nitrogens with two attached hydrogens (primary N) is 1. The Morgan fingerprint density at radius 1 is 1.29 bits per heavy atom. The van der Waals surface area contributed by atoms with Crippen molar-refractivity contribution in [1.82, 2.24) is 0 Å². The van der Waals surface area contributed by atoms with Crippen LogP contribution in [0.25, 0.3) is 0 Å². The summed E-state index contributed by atoms with van der Waals surface area (Å²) in [6.07, 6.45) is 7.24. The van der Waals surface area contributed by atoms with Crippen molar-refractivity contribution >= 4 is 0 Å². The van der Waals surface area contributed by atoms with Crippen LogP contribution in [0.4, 0.5) is 0 Å². The molecule has 0 aliphatic heterocycles. The van der Waals surface area contributed by atoms with E-state index in [4.69, 9.17) is 5.73 Å². The highest BCUT2D eigenvalue weighted by Crippen LogP contribution is 2.50. The molecule has 2 rings (SSSR count). The number of rotatable bonds is 3. The molecule has 1 heteroatoms. The molecule has 0 aromatic heterocycles. The van der Waals surface area contributed by atoms with E-state index < -0.39 is 0 Å². The van der Waals surface area contributed by atoms with Gasteiger partial charge in [0.05, 0.1) is 0 Å². The standard InChI is InChI=1S/C13H25N/c1-9(2)13(3,14)8-12-7-10-4-5-11(12)6-10/h9-12H,4-8,14H2,1-3H3. The second-order valence-electron chi connectivity index (χ2n) is 6.30. The minimum atomic E-state index is 0.0646. The van der Waals surface area contributed by atoms with Gasteiger partial charge >= 0.3 is 0 Å². The predicted octanol–water partition coefficient (Wildman–Crippen LogP) is 3.19. The number of hydrogen-bond acceptors (Lipinski definition) is 1. The monoisotopic (exact) mass is 195 g/mol. The molecule has 4 unspecified atom stereocenters. The normalized spacial score (nSPS) is 40.5. The van der Waals surface area contributed by atoms with E-state index in [9.17, 15) is 0 Å². The van der Waals surface area contributed by atoms with Crippen molar-refractivity contribution in [2.75, 3.05) is 0 Å². The maximum absolute atomic E-state index is 6.37. The van der Waals surface area contributed by atoms with Gasteiger partial charge in [-0.3, -0.25) is 0 Å². The summed E-state index contributed by atoms with van der Waals surface area (Å²) < 4.78 is 0. The van der Waals surface area contributed by atoms with Gasteiger partial charge in [0.2, 0.25) is 0 Å². The third-order valence-corrected chi connectivity index (χ3v) is 4.91. The van der Waals surface area contributed by atoms with Crippen molar-refractivity contribution < 1.29 is 0 Å². The third-order valence-electron chi connectivity index (χ3n) is 4.91. The van der Waals surface area contributed by atoms with Gasteiger partial charge in [0, 0.05) is 5.54 Å². The average Bonchev–Trinajstić information content (AvgIpc) is 2.63. The Labute approximate surface area is 88.4 Å². The van der Waals surface area contributed by atoms with E-state index in [0.717, 1.165) is 17.8 Å². The summed E-state index contributed by atoms with van der Waals surface area (Å²) in [5.74, 6) is 3.65. The minimum Gasteiger partial charge on any atom is -0.325 e. The number of fused-ring (bicyclic) bond motifs is 2. The number of hydrogen-bond donors (Lipinski definition) is 1. The molecule has 2 fully saturated rings. The Balaban J connectivity index is 1.92. The second-order valence-corrected chi connectivity index (χ2v) is 6.30. The van der Waals surface area contributed by atoms with Gasteiger partial charge < -0.3 is 5.73 Å². The lowest BCUT2D eigenvalue weighted by molar-refractivity contribution is 0.212. The lowest BCUT2D eigenvalue weighted by Crippen LogP contribution is -2.44. The molecular formula is C13H25N. The zero-order valence-electron chi connectivity index (χ0n) is 9.92. The molecule has 0 saturated heterocycles. The van der Waals surface area contributed by atoms with Crippen LogP contribution in [0.1, 0.15) is 52.9 Å². The first kappa shape index (κ1) is 10.5. The van der Waals surface area contributed by atoms with E-state index in [1.807, 2.05) is 0 Å². The maximum Gasteiger partial charge on any atom is 0.0151 e. The molecule has 14 heavy (non-hydrogen) atoms. The van der Waals surface area contributed by atoms with Crippen LogP contribution >= 0.6 is 0 Å². The van der Waals surface area contributed by atoms with Gasteiger partial charge in [-0.25, -0.2) is 0 Å². The van der Waals surface area contributed by atoms with Gasteiger partial charge in [-0.1, -0.05) is 20.3 Å². The fourth-order valence-electron chi connectivity index (χ4n) is 3.43. The summed E-state index contributed by atoms with van der Waals surface area (Å²) in [7, 11) is 0. The molecule has 2 bridgehead atoms. The van der Waals surface area contributed by atoms with E-state index in [1.54, 1.807) is 0 Å². The third kappa shape index (κ3) is 1.84. The molecule has 0 aromatic rings. The zero-order chi connectivity index (χ0) is 10.3. The Morgan fingerprint density at radius 3 is 2.43 bits per heavy atom. The van der Waals surface area contributed by atoms with E-state index in [1.165, 1.54) is 32.1 Å². The van der Waals surface area contributed by atoms with Crippen LogP contribution in [0.5, 0.6) is 0 Å². The van der Waals surface area contributed by atoms with E-state index in [2.05, 4.69) is 20.8 Å². The molecule has 4 atom stereocenters. The molecule has 0 amide bonds. The highest BCUT2D eigenvalue weighted by atomic mass is 14.7. The molecule has 2 aliphatic carbocycles. The van der Waals surface area contributed by atoms with Gasteiger partial charge in [0.1, 0.15) is 0 Å². The van der Waals surface area contributed by atoms with Gasteiger partial charge in [-0.05, 0) is 56.3 Å². The van der Waals surface area contributed by atoms with Gasteiger partial charge in [0.25, 0.3) is 0 Å². The van der Waals surface area contributed by atoms with Crippen LogP contribution in [0.3, 0.4) is 0 Å². The van der Waals surface area contributed by atoms with Crippen molar-refractivity contribution in [3.05, 3.63) is 0 Å². The summed E-state index contributed by atoms with van der Waals surface area (Å²) in [5.41, 5.74) is 6.44. The highest BCUT2D eigenvalue weighted by Gasteiger charge is 2.42. The molecular weight excluding hydrogens is 170 g/mol. The molecule has 2 N–H and O–H groups in total. The Morgan fingerprint density at radius 2 is 2.00 bits per heavy atom. The fourth-order valence-corrected chi connectivity index (χ4v) is 3.43. The van der Waals surface area contributed by atoms with Crippen molar-refractivity contribution in [1.29, 1.82) is 0 Å². The van der Waals surface area contributed by atoms with Crippen LogP contribution in [0.2, 0.25) is 0 Å². The first-order chi connectivity index (χ1) is 6.49. The summed E-state index contributed by atoms with van der Waals surface area (Å²) in [5, 5.41) is 0. The largest absolute Gasteiger partial charge is 0.325 e. The van der Waals surface area contributed by atoms with Gasteiger partial charge in [0.15, 0.2) is 0 Å². The Bertz CT molecular complexity index is 207. The van der Waals surface area contributed by atoms with Crippen LogP contribution in [-0.4, -0.2) is 5.54 Å². The first-order valence-corrected chi connectivity index (χ1v) is 6.28. The molecule has 2 saturated carbocycles. The highest BCUT2D eigenvalue weighted by molar-refractivity contribution is 4.95. The average molecular weight is 195 g/mol. The maximum atomic E-state index is 6.37. The molecule has 0 radical (unpaired) electrons. The SMILES string of the molecule is CC(C)C(C)(N)CC1CC2CCC1C2. The van der Waals surface area contributed by atoms with Gasteiger partial charge in [-0.15, -0.1) is 0 Å². The lowest BCUT2D eigenvalue weighted by atomic mass is 9.75. The van der Waals surface area contributed by atoms with Crippen molar-refractivity contribution in [3.8, 4) is 0 Å². The Hall–Kier alpha value is -0.0400. The molecule has 0 spiro atoms. The topological polar surface area (TPSA) is 26.0 Å². The Kier molecular flexibility index (Phi) is 2.63. The summed E-state index contributed by atoms with van der Waals surface area (Å²) in [6, 6.07) is 0. The van der Waals surface area contributed by atoms with Gasteiger partial charge in [-0.2, -0.15) is 0 Å². The van der Waals surface area contributed by atoms with Crippen molar-refractivity contribution in [2.24, 2.45) is 29.4 Å². The molecule has 82 valence electrons. The summed E-state index contributed by atoms with van der Waals surface area (Å²) in [6.45, 7) is 6.75. The van der Waals surface area contributed by atoms with E-state index in [0.29, 0.717) is 5.92 Å². The molecule has 0 aromatic carbocycles. The quantitative estimate of drug-likeness (QED) is 0.735. The fraction of sp³-hybridized carbons (Fsp3) is 1.00. The predicted molar refractivity (Wildman–Crippen MR) is 61.0 cm³/mol. The van der Waals surface area contributed by atoms with Crippen LogP contribution in [0.15, 0.2) is 0 Å². The van der Waals surface area contributed by atoms with Crippen LogP contribution < -0.4 is 5.73 Å². The van der Waals surface area contributed by atoms with Crippen molar-refractivity contribution in [3.63, 3.8) is 0 Å². The van der Waals surface area contributed by atoms with Crippen LogP contribution in [0, 0.1) is 23.7 Å². The minimum absolute atomic E-state index is 0.0646.